The molecule has 1 aliphatic heterocycles. The third kappa shape index (κ3) is 3.16. The van der Waals surface area contributed by atoms with E-state index in [1.807, 2.05) is 0 Å². The zero-order valence-corrected chi connectivity index (χ0v) is 10.0. The lowest BCUT2D eigenvalue weighted by atomic mass is 9.99. The maximum absolute atomic E-state index is 4.59. The zero-order chi connectivity index (χ0) is 9.97. The Balaban J connectivity index is 0.00000112. The van der Waals surface area contributed by atoms with Crippen LogP contribution in [0.15, 0.2) is 28.3 Å². The van der Waals surface area contributed by atoms with E-state index in [1.54, 1.807) is 0 Å². The molecule has 1 aliphatic carbocycles. The second-order valence-corrected chi connectivity index (χ2v) is 3.85. The van der Waals surface area contributed by atoms with Gasteiger partial charge in [0.2, 0.25) is 0 Å². The summed E-state index contributed by atoms with van der Waals surface area (Å²) in [5.74, 6) is 0. The van der Waals surface area contributed by atoms with E-state index >= 15 is 0 Å². The molecule has 2 rings (SSSR count). The van der Waals surface area contributed by atoms with Crippen molar-refractivity contribution >= 4 is 18.1 Å². The molecular weight excluding hydrogens is 210 g/mol. The van der Waals surface area contributed by atoms with Crippen LogP contribution < -0.4 is 10.6 Å². The number of nitrogens with one attached hydrogen (secondary N) is 2. The molecule has 1 saturated heterocycles. The van der Waals surface area contributed by atoms with E-state index in [0.717, 1.165) is 19.5 Å². The summed E-state index contributed by atoms with van der Waals surface area (Å²) in [5, 5.41) is 6.56. The van der Waals surface area contributed by atoms with Crippen molar-refractivity contribution in [1.29, 1.82) is 0 Å². The Morgan fingerprint density at radius 2 is 1.87 bits per heavy atom. The minimum atomic E-state index is 0. The molecule has 0 amide bonds. The number of rotatable bonds is 1. The van der Waals surface area contributed by atoms with Gasteiger partial charge in [-0.15, -0.1) is 12.4 Å². The number of hydrogen-bond acceptors (Lipinski definition) is 3. The topological polar surface area (TPSA) is 36.4 Å². The number of nitrogens with zero attached hydrogens (tertiary/aromatic N) is 1. The molecule has 1 fully saturated rings. The van der Waals surface area contributed by atoms with Crippen molar-refractivity contribution in [3.05, 3.63) is 23.3 Å². The van der Waals surface area contributed by atoms with Gasteiger partial charge in [-0.2, -0.15) is 0 Å². The van der Waals surface area contributed by atoms with Crippen molar-refractivity contribution in [1.82, 2.24) is 10.6 Å². The second kappa shape index (κ2) is 5.45. The average Bonchev–Trinajstić information content (AvgIpc) is 2.64. The Kier molecular flexibility index (Phi) is 4.51. The third-order valence-electron chi connectivity index (χ3n) is 2.72. The van der Waals surface area contributed by atoms with Crippen LogP contribution in [0.25, 0.3) is 0 Å². The summed E-state index contributed by atoms with van der Waals surface area (Å²) >= 11 is 0. The molecule has 0 aromatic heterocycles. The van der Waals surface area contributed by atoms with Gasteiger partial charge in [-0.25, -0.2) is 0 Å². The molecule has 15 heavy (non-hydrogen) atoms. The summed E-state index contributed by atoms with van der Waals surface area (Å²) < 4.78 is 0. The molecule has 4 heteroatoms. The molecule has 0 radical (unpaired) electrons. The van der Waals surface area contributed by atoms with Crippen LogP contribution in [0, 0.1) is 0 Å². The first-order chi connectivity index (χ1) is 6.75. The second-order valence-electron chi connectivity index (χ2n) is 3.85. The van der Waals surface area contributed by atoms with Crippen molar-refractivity contribution in [2.24, 2.45) is 4.99 Å². The predicted molar refractivity (Wildman–Crippen MR) is 66.6 cm³/mol. The molecule has 2 N–H and O–H groups in total. The molecular formula is C11H18ClN3. The highest BCUT2D eigenvalue weighted by molar-refractivity contribution is 5.98. The minimum absolute atomic E-state index is 0. The van der Waals surface area contributed by atoms with E-state index in [0.29, 0.717) is 0 Å². The van der Waals surface area contributed by atoms with Gasteiger partial charge < -0.3 is 0 Å². The van der Waals surface area contributed by atoms with Gasteiger partial charge in [0.15, 0.2) is 6.29 Å². The van der Waals surface area contributed by atoms with Gasteiger partial charge in [0.25, 0.3) is 0 Å². The van der Waals surface area contributed by atoms with E-state index in [2.05, 4.69) is 41.6 Å². The summed E-state index contributed by atoms with van der Waals surface area (Å²) in [6.07, 6.45) is 5.50. The van der Waals surface area contributed by atoms with E-state index in [-0.39, 0.29) is 18.7 Å². The maximum Gasteiger partial charge on any atom is 0.153 e. The minimum Gasteiger partial charge on any atom is -0.282 e. The Bertz CT molecular complexity index is 312. The fourth-order valence-electron chi connectivity index (χ4n) is 1.68. The van der Waals surface area contributed by atoms with Gasteiger partial charge >= 0.3 is 0 Å². The van der Waals surface area contributed by atoms with Gasteiger partial charge in [0.1, 0.15) is 0 Å². The van der Waals surface area contributed by atoms with Crippen molar-refractivity contribution in [2.75, 3.05) is 13.1 Å². The Labute approximate surface area is 97.1 Å². The lowest BCUT2D eigenvalue weighted by Crippen LogP contribution is -2.29. The average molecular weight is 228 g/mol. The predicted octanol–water partition coefficient (Wildman–Crippen LogP) is 1.62. The highest BCUT2D eigenvalue weighted by Crippen LogP contribution is 2.16. The van der Waals surface area contributed by atoms with Gasteiger partial charge in [0.05, 0.1) is 0 Å². The Hall–Kier alpha value is -0.640. The number of aliphatic imine (C=N–C) groups is 1. The van der Waals surface area contributed by atoms with Crippen LogP contribution in [-0.4, -0.2) is 25.1 Å². The molecule has 84 valence electrons. The molecule has 3 nitrogen and oxygen atoms in total. The van der Waals surface area contributed by atoms with Crippen molar-refractivity contribution in [2.45, 2.75) is 26.6 Å². The van der Waals surface area contributed by atoms with Crippen LogP contribution in [-0.2, 0) is 0 Å². The number of hydrogen-bond donors (Lipinski definition) is 2. The first kappa shape index (κ1) is 12.4. The Morgan fingerprint density at radius 1 is 1.20 bits per heavy atom. The molecule has 0 bridgehead atoms. The van der Waals surface area contributed by atoms with Crippen molar-refractivity contribution in [3.63, 3.8) is 0 Å². The first-order valence-electron chi connectivity index (χ1n) is 5.14. The molecule has 2 aliphatic rings. The van der Waals surface area contributed by atoms with Crippen LogP contribution in [0.4, 0.5) is 0 Å². The third-order valence-corrected chi connectivity index (χ3v) is 2.72. The molecule has 0 unspecified atom stereocenters. The van der Waals surface area contributed by atoms with Crippen molar-refractivity contribution in [3.8, 4) is 0 Å². The van der Waals surface area contributed by atoms with Gasteiger partial charge in [-0.3, -0.25) is 15.6 Å². The van der Waals surface area contributed by atoms with E-state index < -0.39 is 0 Å². The van der Waals surface area contributed by atoms with Crippen LogP contribution in [0.5, 0.6) is 0 Å². The van der Waals surface area contributed by atoms with Crippen LogP contribution in [0.1, 0.15) is 20.3 Å². The fourth-order valence-corrected chi connectivity index (χ4v) is 1.68. The smallest absolute Gasteiger partial charge is 0.153 e. The monoisotopic (exact) mass is 227 g/mol. The van der Waals surface area contributed by atoms with Crippen LogP contribution in [0.2, 0.25) is 0 Å². The number of allylic oxidation sites excluding steroid dienone is 4. The quantitative estimate of drug-likeness (QED) is 0.715. The number of halogens is 1. The van der Waals surface area contributed by atoms with Crippen LogP contribution >= 0.6 is 12.4 Å². The van der Waals surface area contributed by atoms with E-state index in [9.17, 15) is 0 Å². The van der Waals surface area contributed by atoms with Gasteiger partial charge in [0, 0.05) is 25.2 Å². The van der Waals surface area contributed by atoms with E-state index in [4.69, 9.17) is 0 Å². The van der Waals surface area contributed by atoms with Gasteiger partial charge in [-0.1, -0.05) is 11.6 Å². The molecule has 0 spiro atoms. The molecule has 0 saturated carbocycles. The highest BCUT2D eigenvalue weighted by atomic mass is 35.5. The maximum atomic E-state index is 4.59. The highest BCUT2D eigenvalue weighted by Gasteiger charge is 2.12. The standard InChI is InChI=1S/C11H17N3.ClH/c1-8-3-4-10(7-9(8)2)14-11-12-5-6-13-11;/h3,7,11-13H,4-6H2,1-2H3;1H. The molecule has 0 aromatic carbocycles. The summed E-state index contributed by atoms with van der Waals surface area (Å²) in [5.41, 5.74) is 3.87. The van der Waals surface area contributed by atoms with E-state index in [1.165, 1.54) is 16.9 Å². The van der Waals surface area contributed by atoms with Gasteiger partial charge in [-0.05, 0) is 25.5 Å². The molecule has 1 heterocycles. The zero-order valence-electron chi connectivity index (χ0n) is 9.21. The lowest BCUT2D eigenvalue weighted by molar-refractivity contribution is 0.580. The summed E-state index contributed by atoms with van der Waals surface area (Å²) in [6, 6.07) is 0. The normalized spacial score (nSPS) is 24.8. The fraction of sp³-hybridized carbons (Fsp3) is 0.545. The SMILES string of the molecule is CC1=CCC(=NC2NCCN2)C=C1C.Cl. The lowest BCUT2D eigenvalue weighted by Gasteiger charge is -2.12. The largest absolute Gasteiger partial charge is 0.282 e. The summed E-state index contributed by atoms with van der Waals surface area (Å²) in [6.45, 7) is 6.31. The van der Waals surface area contributed by atoms with Crippen molar-refractivity contribution < 1.29 is 0 Å². The summed E-state index contributed by atoms with van der Waals surface area (Å²) in [4.78, 5) is 4.59. The molecule has 0 atom stereocenters. The molecule has 0 aromatic rings. The first-order valence-corrected chi connectivity index (χ1v) is 5.14. The summed E-state index contributed by atoms with van der Waals surface area (Å²) in [7, 11) is 0. The van der Waals surface area contributed by atoms with Crippen LogP contribution in [0.3, 0.4) is 0 Å². The Morgan fingerprint density at radius 3 is 2.47 bits per heavy atom.